The molecular weight excluding hydrogens is 184 g/mol. The van der Waals surface area contributed by atoms with Gasteiger partial charge in [0.15, 0.2) is 0 Å². The van der Waals surface area contributed by atoms with E-state index in [9.17, 15) is 0 Å². The van der Waals surface area contributed by atoms with Gasteiger partial charge in [0.1, 0.15) is 0 Å². The number of anilines is 1. The number of aryl methyl sites for hydroxylation is 1. The fraction of sp³-hybridized carbons (Fsp3) is 0.538. The molecule has 0 aliphatic rings. The van der Waals surface area contributed by atoms with Gasteiger partial charge >= 0.3 is 0 Å². The van der Waals surface area contributed by atoms with Crippen LogP contribution in [0.2, 0.25) is 0 Å². The molecule has 2 heteroatoms. The molecule has 84 valence electrons. The molecule has 0 bridgehead atoms. The molecule has 2 nitrogen and oxygen atoms in total. The van der Waals surface area contributed by atoms with Crippen molar-refractivity contribution in [1.29, 1.82) is 0 Å². The van der Waals surface area contributed by atoms with Crippen molar-refractivity contribution in [3.63, 3.8) is 0 Å². The van der Waals surface area contributed by atoms with Crippen LogP contribution < -0.4 is 10.6 Å². The van der Waals surface area contributed by atoms with E-state index in [-0.39, 0.29) is 0 Å². The Bertz CT molecular complexity index is 284. The average Bonchev–Trinajstić information content (AvgIpc) is 2.24. The maximum Gasteiger partial charge on any atom is 0.0343 e. The maximum absolute atomic E-state index is 3.45. The zero-order chi connectivity index (χ0) is 11.1. The molecular formula is C13H22N2. The molecule has 0 amide bonds. The largest absolute Gasteiger partial charge is 0.384 e. The van der Waals surface area contributed by atoms with Crippen molar-refractivity contribution in [3.05, 3.63) is 29.8 Å². The van der Waals surface area contributed by atoms with Crippen LogP contribution in [0.1, 0.15) is 25.8 Å². The van der Waals surface area contributed by atoms with E-state index >= 15 is 0 Å². The Morgan fingerprint density at radius 2 is 2.07 bits per heavy atom. The minimum Gasteiger partial charge on any atom is -0.384 e. The van der Waals surface area contributed by atoms with Gasteiger partial charge in [-0.1, -0.05) is 19.1 Å². The molecule has 0 fully saturated rings. The Kier molecular flexibility index (Phi) is 5.19. The Morgan fingerprint density at radius 1 is 1.27 bits per heavy atom. The van der Waals surface area contributed by atoms with E-state index in [1.165, 1.54) is 17.7 Å². The van der Waals surface area contributed by atoms with Crippen LogP contribution in [0.25, 0.3) is 0 Å². The zero-order valence-corrected chi connectivity index (χ0v) is 10.0. The summed E-state index contributed by atoms with van der Waals surface area (Å²) in [5, 5.41) is 6.86. The number of benzene rings is 1. The van der Waals surface area contributed by atoms with Gasteiger partial charge in [-0.15, -0.1) is 0 Å². The first-order chi connectivity index (χ1) is 7.22. The third-order valence-electron chi connectivity index (χ3n) is 2.58. The molecule has 0 spiro atoms. The number of nitrogens with one attached hydrogen (secondary N) is 2. The van der Waals surface area contributed by atoms with Gasteiger partial charge in [-0.3, -0.25) is 0 Å². The molecule has 2 N–H and O–H groups in total. The second-order valence-corrected chi connectivity index (χ2v) is 4.06. The SMILES string of the molecule is CCC(C)NCCNc1cccc(C)c1. The molecule has 0 aliphatic carbocycles. The summed E-state index contributed by atoms with van der Waals surface area (Å²) in [7, 11) is 0. The fourth-order valence-electron chi connectivity index (χ4n) is 1.42. The molecule has 1 aromatic carbocycles. The van der Waals surface area contributed by atoms with Gasteiger partial charge in [0.2, 0.25) is 0 Å². The zero-order valence-electron chi connectivity index (χ0n) is 10.0. The summed E-state index contributed by atoms with van der Waals surface area (Å²) in [6, 6.07) is 9.09. The lowest BCUT2D eigenvalue weighted by Crippen LogP contribution is -2.30. The lowest BCUT2D eigenvalue weighted by molar-refractivity contribution is 0.546. The monoisotopic (exact) mass is 206 g/mol. The Hall–Kier alpha value is -1.02. The predicted molar refractivity (Wildman–Crippen MR) is 67.4 cm³/mol. The Morgan fingerprint density at radius 3 is 2.73 bits per heavy atom. The van der Waals surface area contributed by atoms with Crippen molar-refractivity contribution in [1.82, 2.24) is 5.32 Å². The van der Waals surface area contributed by atoms with Gasteiger partial charge in [0.05, 0.1) is 0 Å². The van der Waals surface area contributed by atoms with Crippen molar-refractivity contribution in [2.75, 3.05) is 18.4 Å². The maximum atomic E-state index is 3.45. The van der Waals surface area contributed by atoms with Crippen LogP contribution in [-0.2, 0) is 0 Å². The number of hydrogen-bond donors (Lipinski definition) is 2. The van der Waals surface area contributed by atoms with Crippen molar-refractivity contribution in [2.45, 2.75) is 33.2 Å². The molecule has 1 aromatic rings. The van der Waals surface area contributed by atoms with Gasteiger partial charge in [-0.25, -0.2) is 0 Å². The molecule has 1 rings (SSSR count). The topological polar surface area (TPSA) is 24.1 Å². The van der Waals surface area contributed by atoms with Crippen LogP contribution in [-0.4, -0.2) is 19.1 Å². The van der Waals surface area contributed by atoms with Crippen molar-refractivity contribution in [2.24, 2.45) is 0 Å². The lowest BCUT2D eigenvalue weighted by Gasteiger charge is -2.12. The normalized spacial score (nSPS) is 12.5. The minimum absolute atomic E-state index is 0.615. The standard InChI is InChI=1S/C13H22N2/c1-4-12(3)14-8-9-15-13-7-5-6-11(2)10-13/h5-7,10,12,14-15H,4,8-9H2,1-3H3. The summed E-state index contributed by atoms with van der Waals surface area (Å²) in [5.74, 6) is 0. The highest BCUT2D eigenvalue weighted by Crippen LogP contribution is 2.08. The molecule has 0 heterocycles. The van der Waals surface area contributed by atoms with E-state index in [2.05, 4.69) is 55.7 Å². The summed E-state index contributed by atoms with van der Waals surface area (Å²) in [6.45, 7) is 8.53. The lowest BCUT2D eigenvalue weighted by atomic mass is 10.2. The van der Waals surface area contributed by atoms with E-state index in [0.29, 0.717) is 6.04 Å². The average molecular weight is 206 g/mol. The summed E-state index contributed by atoms with van der Waals surface area (Å²) < 4.78 is 0. The second kappa shape index (κ2) is 6.46. The first-order valence-electron chi connectivity index (χ1n) is 5.76. The highest BCUT2D eigenvalue weighted by Gasteiger charge is 1.96. The van der Waals surface area contributed by atoms with Crippen LogP contribution in [0.3, 0.4) is 0 Å². The van der Waals surface area contributed by atoms with Crippen LogP contribution in [0.4, 0.5) is 5.69 Å². The highest BCUT2D eigenvalue weighted by atomic mass is 15.0. The molecule has 0 saturated carbocycles. The molecule has 15 heavy (non-hydrogen) atoms. The van der Waals surface area contributed by atoms with Crippen LogP contribution >= 0.6 is 0 Å². The summed E-state index contributed by atoms with van der Waals surface area (Å²) in [5.41, 5.74) is 2.51. The summed E-state index contributed by atoms with van der Waals surface area (Å²) >= 11 is 0. The minimum atomic E-state index is 0.615. The van der Waals surface area contributed by atoms with Gasteiger partial charge in [-0.2, -0.15) is 0 Å². The molecule has 1 atom stereocenters. The molecule has 1 unspecified atom stereocenters. The van der Waals surface area contributed by atoms with Crippen molar-refractivity contribution >= 4 is 5.69 Å². The van der Waals surface area contributed by atoms with E-state index in [1.807, 2.05) is 0 Å². The second-order valence-electron chi connectivity index (χ2n) is 4.06. The smallest absolute Gasteiger partial charge is 0.0343 e. The quantitative estimate of drug-likeness (QED) is 0.699. The van der Waals surface area contributed by atoms with Crippen molar-refractivity contribution < 1.29 is 0 Å². The van der Waals surface area contributed by atoms with E-state index in [4.69, 9.17) is 0 Å². The van der Waals surface area contributed by atoms with Gasteiger partial charge in [0.25, 0.3) is 0 Å². The molecule has 0 aromatic heterocycles. The van der Waals surface area contributed by atoms with Gasteiger partial charge in [0, 0.05) is 24.8 Å². The highest BCUT2D eigenvalue weighted by molar-refractivity contribution is 5.45. The van der Waals surface area contributed by atoms with Gasteiger partial charge in [-0.05, 0) is 38.0 Å². The van der Waals surface area contributed by atoms with E-state index in [1.54, 1.807) is 0 Å². The molecule has 0 saturated heterocycles. The van der Waals surface area contributed by atoms with Crippen LogP contribution in [0.15, 0.2) is 24.3 Å². The molecule has 0 aliphatic heterocycles. The first kappa shape index (κ1) is 12.1. The number of rotatable bonds is 6. The number of hydrogen-bond acceptors (Lipinski definition) is 2. The van der Waals surface area contributed by atoms with E-state index < -0.39 is 0 Å². The third kappa shape index (κ3) is 4.84. The van der Waals surface area contributed by atoms with E-state index in [0.717, 1.165) is 13.1 Å². The van der Waals surface area contributed by atoms with Gasteiger partial charge < -0.3 is 10.6 Å². The first-order valence-corrected chi connectivity index (χ1v) is 5.76. The Labute approximate surface area is 93.1 Å². The van der Waals surface area contributed by atoms with Crippen LogP contribution in [0.5, 0.6) is 0 Å². The summed E-state index contributed by atoms with van der Waals surface area (Å²) in [4.78, 5) is 0. The predicted octanol–water partition coefficient (Wildman–Crippen LogP) is 2.80. The third-order valence-corrected chi connectivity index (χ3v) is 2.58. The molecule has 0 radical (unpaired) electrons. The van der Waals surface area contributed by atoms with Crippen molar-refractivity contribution in [3.8, 4) is 0 Å². The Balaban J connectivity index is 2.20. The summed E-state index contributed by atoms with van der Waals surface area (Å²) in [6.07, 6.45) is 1.18. The fourth-order valence-corrected chi connectivity index (χ4v) is 1.42. The van der Waals surface area contributed by atoms with Crippen LogP contribution in [0, 0.1) is 6.92 Å².